The van der Waals surface area contributed by atoms with E-state index in [1.807, 2.05) is 36.4 Å². The number of H-pyrrole nitrogens is 1. The molecule has 2 aromatic heterocycles. The zero-order valence-corrected chi connectivity index (χ0v) is 19.1. The molecule has 6 nitrogen and oxygen atoms in total. The Hall–Kier alpha value is -3.58. The van der Waals surface area contributed by atoms with Crippen LogP contribution in [0.25, 0.3) is 10.9 Å². The Bertz CT molecular complexity index is 1360. The monoisotopic (exact) mass is 456 g/mol. The van der Waals surface area contributed by atoms with Crippen LogP contribution in [0.2, 0.25) is 0 Å². The number of pyridine rings is 1. The van der Waals surface area contributed by atoms with Gasteiger partial charge in [0.2, 0.25) is 5.91 Å². The van der Waals surface area contributed by atoms with Gasteiger partial charge in [-0.3, -0.25) is 9.59 Å². The van der Waals surface area contributed by atoms with E-state index in [1.165, 1.54) is 24.5 Å². The fourth-order valence-electron chi connectivity index (χ4n) is 4.27. The molecular formula is C26H24N4O2S. The van der Waals surface area contributed by atoms with Gasteiger partial charge in [0.25, 0.3) is 5.91 Å². The van der Waals surface area contributed by atoms with E-state index in [0.29, 0.717) is 17.1 Å². The van der Waals surface area contributed by atoms with Gasteiger partial charge in [0.15, 0.2) is 0 Å². The summed E-state index contributed by atoms with van der Waals surface area (Å²) >= 11 is 1.65. The fourth-order valence-corrected chi connectivity index (χ4v) is 5.31. The van der Waals surface area contributed by atoms with Crippen molar-refractivity contribution in [1.82, 2.24) is 9.97 Å². The number of aromatic amines is 1. The van der Waals surface area contributed by atoms with Crippen molar-refractivity contribution in [3.8, 4) is 0 Å². The highest BCUT2D eigenvalue weighted by molar-refractivity contribution is 7.98. The minimum atomic E-state index is -0.150. The number of carbonyl (C=O) groups excluding carboxylic acids is 2. The predicted octanol–water partition coefficient (Wildman–Crippen LogP) is 5.55. The van der Waals surface area contributed by atoms with Gasteiger partial charge < -0.3 is 15.6 Å². The van der Waals surface area contributed by atoms with Crippen molar-refractivity contribution in [3.05, 3.63) is 83.2 Å². The molecule has 0 fully saturated rings. The summed E-state index contributed by atoms with van der Waals surface area (Å²) in [7, 11) is 0. The van der Waals surface area contributed by atoms with E-state index >= 15 is 0 Å². The van der Waals surface area contributed by atoms with Gasteiger partial charge in [0, 0.05) is 46.6 Å². The van der Waals surface area contributed by atoms with Crippen LogP contribution in [-0.4, -0.2) is 21.8 Å². The van der Waals surface area contributed by atoms with Gasteiger partial charge >= 0.3 is 0 Å². The average molecular weight is 457 g/mol. The summed E-state index contributed by atoms with van der Waals surface area (Å²) < 4.78 is 0. The highest BCUT2D eigenvalue weighted by Gasteiger charge is 2.17. The Morgan fingerprint density at radius 1 is 1.06 bits per heavy atom. The zero-order chi connectivity index (χ0) is 22.8. The lowest BCUT2D eigenvalue weighted by atomic mass is 10.1. The lowest BCUT2D eigenvalue weighted by Gasteiger charge is -2.09. The summed E-state index contributed by atoms with van der Waals surface area (Å²) in [6, 6.07) is 16.0. The van der Waals surface area contributed by atoms with Gasteiger partial charge in [0.1, 0.15) is 5.82 Å². The first kappa shape index (κ1) is 21.3. The number of fused-ring (bicyclic) bond motifs is 2. The first-order valence-corrected chi connectivity index (χ1v) is 11.9. The molecule has 0 radical (unpaired) electrons. The first-order chi connectivity index (χ1) is 16.1. The lowest BCUT2D eigenvalue weighted by molar-refractivity contribution is -0.114. The maximum absolute atomic E-state index is 13.2. The van der Waals surface area contributed by atoms with Crippen molar-refractivity contribution in [3.63, 3.8) is 0 Å². The van der Waals surface area contributed by atoms with Crippen LogP contribution < -0.4 is 10.6 Å². The van der Waals surface area contributed by atoms with Crippen LogP contribution >= 0.6 is 11.8 Å². The molecule has 4 aromatic rings. The number of hydrogen-bond donors (Lipinski definition) is 3. The van der Waals surface area contributed by atoms with Crippen molar-refractivity contribution < 1.29 is 9.59 Å². The molecule has 0 aliphatic heterocycles. The maximum Gasteiger partial charge on any atom is 0.257 e. The van der Waals surface area contributed by atoms with Crippen LogP contribution in [-0.2, 0) is 23.4 Å². The quantitative estimate of drug-likeness (QED) is 0.332. The van der Waals surface area contributed by atoms with Crippen LogP contribution in [0.4, 0.5) is 11.5 Å². The molecule has 0 spiro atoms. The van der Waals surface area contributed by atoms with Crippen molar-refractivity contribution >= 4 is 46.0 Å². The maximum atomic E-state index is 13.2. The van der Waals surface area contributed by atoms with Crippen molar-refractivity contribution in [1.29, 1.82) is 0 Å². The van der Waals surface area contributed by atoms with E-state index in [4.69, 9.17) is 0 Å². The Morgan fingerprint density at radius 3 is 2.82 bits per heavy atom. The normalized spacial score (nSPS) is 12.5. The molecule has 33 heavy (non-hydrogen) atoms. The fraction of sp³-hybridized carbons (Fsp3) is 0.192. The summed E-state index contributed by atoms with van der Waals surface area (Å²) in [5.74, 6) is 0.952. The highest BCUT2D eigenvalue weighted by atomic mass is 32.2. The number of thioether (sulfide) groups is 1. The van der Waals surface area contributed by atoms with Crippen LogP contribution in [0.3, 0.4) is 0 Å². The van der Waals surface area contributed by atoms with Crippen molar-refractivity contribution in [2.45, 2.75) is 36.8 Å². The molecule has 1 aliphatic rings. The summed E-state index contributed by atoms with van der Waals surface area (Å²) in [6.45, 7) is 1.46. The summed E-state index contributed by atoms with van der Waals surface area (Å²) in [4.78, 5) is 32.9. The third kappa shape index (κ3) is 4.64. The minimum Gasteiger partial charge on any atom is -0.360 e. The van der Waals surface area contributed by atoms with Crippen LogP contribution in [0.1, 0.15) is 40.4 Å². The molecule has 0 atom stereocenters. The minimum absolute atomic E-state index is 0.121. The molecule has 5 rings (SSSR count). The Balaban J connectivity index is 1.37. The number of hydrogen-bond acceptors (Lipinski definition) is 4. The van der Waals surface area contributed by atoms with E-state index < -0.39 is 0 Å². The second-order valence-electron chi connectivity index (χ2n) is 8.19. The number of nitrogens with zero attached hydrogens (tertiary/aromatic N) is 1. The molecule has 3 N–H and O–H groups in total. The zero-order valence-electron chi connectivity index (χ0n) is 18.3. The van der Waals surface area contributed by atoms with Crippen LogP contribution in [0.5, 0.6) is 0 Å². The number of carbonyl (C=O) groups is 2. The Morgan fingerprint density at radius 2 is 1.94 bits per heavy atom. The molecule has 2 heterocycles. The molecule has 166 valence electrons. The predicted molar refractivity (Wildman–Crippen MR) is 133 cm³/mol. The molecule has 1 aliphatic carbocycles. The standard InChI is InChI=1S/C26H24N4O2S/c1-16(31)29-24-12-17(10-11-27-24)15-33-23-7-3-6-22-25(23)21(14-28-22)26(32)30-20-9-8-18-4-2-5-19(18)13-20/h3,6-14,28H,2,4-5,15H2,1H3,(H,30,32)(H,27,29,31). The van der Waals surface area contributed by atoms with Gasteiger partial charge in [-0.2, -0.15) is 0 Å². The Labute approximate surface area is 196 Å². The third-order valence-corrected chi connectivity index (χ3v) is 6.92. The molecule has 2 aromatic carbocycles. The summed E-state index contributed by atoms with van der Waals surface area (Å²) in [5.41, 5.74) is 6.14. The number of benzene rings is 2. The van der Waals surface area contributed by atoms with E-state index in [2.05, 4.69) is 32.7 Å². The van der Waals surface area contributed by atoms with Crippen LogP contribution in [0.15, 0.2) is 65.8 Å². The Kier molecular flexibility index (Phi) is 5.88. The molecule has 0 saturated heterocycles. The topological polar surface area (TPSA) is 86.9 Å². The van der Waals surface area contributed by atoms with Gasteiger partial charge in [-0.25, -0.2) is 4.98 Å². The third-order valence-electron chi connectivity index (χ3n) is 5.79. The molecule has 2 amide bonds. The molecule has 7 heteroatoms. The van der Waals surface area contributed by atoms with Gasteiger partial charge in [0.05, 0.1) is 5.56 Å². The van der Waals surface area contributed by atoms with E-state index in [-0.39, 0.29) is 11.8 Å². The smallest absolute Gasteiger partial charge is 0.257 e. The number of rotatable bonds is 6. The molecule has 0 saturated carbocycles. The second kappa shape index (κ2) is 9.11. The van der Waals surface area contributed by atoms with Gasteiger partial charge in [-0.05, 0) is 72.4 Å². The number of nitrogens with one attached hydrogen (secondary N) is 3. The van der Waals surface area contributed by atoms with E-state index in [0.717, 1.165) is 39.9 Å². The molecule has 0 bridgehead atoms. The van der Waals surface area contributed by atoms with Crippen LogP contribution in [0, 0.1) is 0 Å². The number of aromatic nitrogens is 2. The van der Waals surface area contributed by atoms with Gasteiger partial charge in [-0.15, -0.1) is 11.8 Å². The largest absolute Gasteiger partial charge is 0.360 e. The highest BCUT2D eigenvalue weighted by Crippen LogP contribution is 2.33. The van der Waals surface area contributed by atoms with Crippen molar-refractivity contribution in [2.24, 2.45) is 0 Å². The number of amides is 2. The second-order valence-corrected chi connectivity index (χ2v) is 9.21. The number of anilines is 2. The summed E-state index contributed by atoms with van der Waals surface area (Å²) in [5, 5.41) is 6.70. The first-order valence-electron chi connectivity index (χ1n) is 11.0. The van der Waals surface area contributed by atoms with E-state index in [1.54, 1.807) is 24.2 Å². The molecule has 0 unspecified atom stereocenters. The summed E-state index contributed by atoms with van der Waals surface area (Å²) in [6.07, 6.45) is 6.84. The SMILES string of the molecule is CC(=O)Nc1cc(CSc2cccc3[nH]cc(C(=O)Nc4ccc5c(c4)CCC5)c23)ccn1. The number of aryl methyl sites for hydroxylation is 2. The van der Waals surface area contributed by atoms with Crippen molar-refractivity contribution in [2.75, 3.05) is 10.6 Å². The van der Waals surface area contributed by atoms with E-state index in [9.17, 15) is 9.59 Å². The van der Waals surface area contributed by atoms with Gasteiger partial charge in [-0.1, -0.05) is 12.1 Å². The average Bonchev–Trinajstić information content (AvgIpc) is 3.44. The molecular weight excluding hydrogens is 432 g/mol. The lowest BCUT2D eigenvalue weighted by Crippen LogP contribution is -2.11.